The molecule has 0 saturated carbocycles. The van der Waals surface area contributed by atoms with E-state index in [0.717, 1.165) is 28.6 Å². The van der Waals surface area contributed by atoms with Crippen LogP contribution in [0.3, 0.4) is 0 Å². The molecule has 0 unspecified atom stereocenters. The Morgan fingerprint density at radius 3 is 2.40 bits per heavy atom. The van der Waals surface area contributed by atoms with E-state index in [-0.39, 0.29) is 0 Å². The Morgan fingerprint density at radius 2 is 1.70 bits per heavy atom. The van der Waals surface area contributed by atoms with Crippen molar-refractivity contribution < 1.29 is 9.47 Å². The van der Waals surface area contributed by atoms with Crippen LogP contribution in [0.25, 0.3) is 11.3 Å². The van der Waals surface area contributed by atoms with Gasteiger partial charge in [0.05, 0.1) is 13.2 Å². The zero-order valence-electron chi connectivity index (χ0n) is 12.0. The van der Waals surface area contributed by atoms with Crippen molar-refractivity contribution in [3.05, 3.63) is 30.6 Å². The van der Waals surface area contributed by atoms with Crippen LogP contribution in [0.5, 0.6) is 11.5 Å². The number of hydrogen-bond donors (Lipinski definition) is 1. The molecule has 0 amide bonds. The van der Waals surface area contributed by atoms with Gasteiger partial charge in [-0.1, -0.05) is 0 Å². The predicted octanol–water partition coefficient (Wildman–Crippen LogP) is 2.98. The zero-order chi connectivity index (χ0) is 14.4. The molecule has 2 rings (SSSR count). The summed E-state index contributed by atoms with van der Waals surface area (Å²) in [5.41, 5.74) is 1.73. The highest BCUT2D eigenvalue weighted by Crippen LogP contribution is 2.33. The minimum Gasteiger partial charge on any atom is -0.490 e. The summed E-state index contributed by atoms with van der Waals surface area (Å²) in [7, 11) is 1.82. The zero-order valence-corrected chi connectivity index (χ0v) is 12.0. The first kappa shape index (κ1) is 14.1. The van der Waals surface area contributed by atoms with Gasteiger partial charge < -0.3 is 14.8 Å². The lowest BCUT2D eigenvalue weighted by molar-refractivity contribution is 0.288. The van der Waals surface area contributed by atoms with Crippen molar-refractivity contribution in [1.29, 1.82) is 0 Å². The van der Waals surface area contributed by atoms with Crippen molar-refractivity contribution in [3.8, 4) is 22.8 Å². The van der Waals surface area contributed by atoms with E-state index in [1.165, 1.54) is 0 Å². The molecule has 1 aromatic heterocycles. The lowest BCUT2D eigenvalue weighted by Crippen LogP contribution is -2.00. The van der Waals surface area contributed by atoms with E-state index < -0.39 is 0 Å². The van der Waals surface area contributed by atoms with Crippen molar-refractivity contribution in [2.75, 3.05) is 25.6 Å². The number of ether oxygens (including phenoxy) is 2. The number of benzene rings is 1. The Kier molecular flexibility index (Phi) is 4.76. The van der Waals surface area contributed by atoms with E-state index in [1.807, 2.05) is 39.1 Å². The van der Waals surface area contributed by atoms with Crippen LogP contribution >= 0.6 is 0 Å². The first-order valence-corrected chi connectivity index (χ1v) is 6.68. The molecule has 0 atom stereocenters. The van der Waals surface area contributed by atoms with Gasteiger partial charge in [0, 0.05) is 25.0 Å². The standard InChI is InChI=1S/C15H19N3O2/c1-4-19-12-7-6-11(10-13(12)20-5-2)14-15(16-3)18-9-8-17-14/h6-10H,4-5H2,1-3H3,(H,16,18). The Balaban J connectivity index is 2.44. The van der Waals surface area contributed by atoms with Gasteiger partial charge in [0.15, 0.2) is 17.3 Å². The third-order valence-electron chi connectivity index (χ3n) is 2.75. The number of hydrogen-bond acceptors (Lipinski definition) is 5. The van der Waals surface area contributed by atoms with E-state index in [1.54, 1.807) is 12.4 Å². The van der Waals surface area contributed by atoms with Gasteiger partial charge >= 0.3 is 0 Å². The molecule has 0 spiro atoms. The number of nitrogens with one attached hydrogen (secondary N) is 1. The van der Waals surface area contributed by atoms with Crippen molar-refractivity contribution in [3.63, 3.8) is 0 Å². The number of aromatic nitrogens is 2. The van der Waals surface area contributed by atoms with Crippen LogP contribution in [-0.2, 0) is 0 Å². The quantitative estimate of drug-likeness (QED) is 0.876. The Morgan fingerprint density at radius 1 is 1.00 bits per heavy atom. The smallest absolute Gasteiger partial charge is 0.161 e. The van der Waals surface area contributed by atoms with Gasteiger partial charge in [0.1, 0.15) is 5.69 Å². The molecule has 5 heteroatoms. The summed E-state index contributed by atoms with van der Waals surface area (Å²) >= 11 is 0. The van der Waals surface area contributed by atoms with Crippen molar-refractivity contribution in [2.45, 2.75) is 13.8 Å². The molecule has 0 fully saturated rings. The van der Waals surface area contributed by atoms with Crippen LogP contribution in [-0.4, -0.2) is 30.2 Å². The third kappa shape index (κ3) is 2.99. The summed E-state index contributed by atoms with van der Waals surface area (Å²) in [5, 5.41) is 3.04. The average Bonchev–Trinajstić information content (AvgIpc) is 2.49. The van der Waals surface area contributed by atoms with Gasteiger partial charge in [0.2, 0.25) is 0 Å². The van der Waals surface area contributed by atoms with E-state index in [9.17, 15) is 0 Å². The normalized spacial score (nSPS) is 10.2. The fraction of sp³-hybridized carbons (Fsp3) is 0.333. The van der Waals surface area contributed by atoms with E-state index >= 15 is 0 Å². The first-order chi connectivity index (χ1) is 9.80. The SMILES string of the molecule is CCOc1ccc(-c2nccnc2NC)cc1OCC. The highest BCUT2D eigenvalue weighted by atomic mass is 16.5. The number of rotatable bonds is 6. The molecule has 0 saturated heterocycles. The highest BCUT2D eigenvalue weighted by Gasteiger charge is 2.11. The number of anilines is 1. The minimum absolute atomic E-state index is 0.586. The second kappa shape index (κ2) is 6.75. The molecule has 0 aliphatic rings. The highest BCUT2D eigenvalue weighted by molar-refractivity contribution is 5.73. The molecular weight excluding hydrogens is 254 g/mol. The lowest BCUT2D eigenvalue weighted by Gasteiger charge is -2.13. The summed E-state index contributed by atoms with van der Waals surface area (Å²) in [5.74, 6) is 2.20. The summed E-state index contributed by atoms with van der Waals surface area (Å²) in [6, 6.07) is 5.79. The molecule has 1 aromatic carbocycles. The Hall–Kier alpha value is -2.30. The Bertz CT molecular complexity index is 573. The van der Waals surface area contributed by atoms with Crippen LogP contribution < -0.4 is 14.8 Å². The van der Waals surface area contributed by atoms with Crippen molar-refractivity contribution >= 4 is 5.82 Å². The second-order valence-electron chi connectivity index (χ2n) is 4.03. The maximum atomic E-state index is 5.63. The molecule has 0 aliphatic carbocycles. The molecule has 0 aliphatic heterocycles. The summed E-state index contributed by atoms with van der Waals surface area (Å²) in [6.45, 7) is 5.09. The van der Waals surface area contributed by atoms with Crippen LogP contribution in [0.4, 0.5) is 5.82 Å². The summed E-state index contributed by atoms with van der Waals surface area (Å²) < 4.78 is 11.2. The van der Waals surface area contributed by atoms with Gasteiger partial charge in [-0.15, -0.1) is 0 Å². The van der Waals surface area contributed by atoms with Crippen molar-refractivity contribution in [1.82, 2.24) is 9.97 Å². The van der Waals surface area contributed by atoms with Gasteiger partial charge in [-0.2, -0.15) is 0 Å². The molecule has 5 nitrogen and oxygen atoms in total. The summed E-state index contributed by atoms with van der Waals surface area (Å²) in [4.78, 5) is 8.64. The number of nitrogens with zero attached hydrogens (tertiary/aromatic N) is 2. The van der Waals surface area contributed by atoms with E-state index in [0.29, 0.717) is 13.2 Å². The minimum atomic E-state index is 0.586. The van der Waals surface area contributed by atoms with Crippen LogP contribution in [0, 0.1) is 0 Å². The van der Waals surface area contributed by atoms with Crippen LogP contribution in [0.1, 0.15) is 13.8 Å². The molecule has 0 radical (unpaired) electrons. The molecule has 106 valence electrons. The summed E-state index contributed by atoms with van der Waals surface area (Å²) in [6.07, 6.45) is 3.33. The van der Waals surface area contributed by atoms with E-state index in [2.05, 4.69) is 15.3 Å². The van der Waals surface area contributed by atoms with Gasteiger partial charge in [-0.3, -0.25) is 4.98 Å². The topological polar surface area (TPSA) is 56.3 Å². The fourth-order valence-electron chi connectivity index (χ4n) is 1.93. The lowest BCUT2D eigenvalue weighted by atomic mass is 10.1. The largest absolute Gasteiger partial charge is 0.490 e. The monoisotopic (exact) mass is 273 g/mol. The fourth-order valence-corrected chi connectivity index (χ4v) is 1.93. The van der Waals surface area contributed by atoms with E-state index in [4.69, 9.17) is 9.47 Å². The third-order valence-corrected chi connectivity index (χ3v) is 2.75. The second-order valence-corrected chi connectivity index (χ2v) is 4.03. The first-order valence-electron chi connectivity index (χ1n) is 6.68. The molecule has 0 bridgehead atoms. The molecule has 20 heavy (non-hydrogen) atoms. The maximum absolute atomic E-state index is 5.63. The molecule has 1 N–H and O–H groups in total. The molecular formula is C15H19N3O2. The maximum Gasteiger partial charge on any atom is 0.161 e. The van der Waals surface area contributed by atoms with Gasteiger partial charge in [-0.25, -0.2) is 4.98 Å². The van der Waals surface area contributed by atoms with Crippen molar-refractivity contribution in [2.24, 2.45) is 0 Å². The molecule has 1 heterocycles. The van der Waals surface area contributed by atoms with Gasteiger partial charge in [-0.05, 0) is 32.0 Å². The Labute approximate surface area is 119 Å². The average molecular weight is 273 g/mol. The van der Waals surface area contributed by atoms with Gasteiger partial charge in [0.25, 0.3) is 0 Å². The van der Waals surface area contributed by atoms with Crippen LogP contribution in [0.15, 0.2) is 30.6 Å². The predicted molar refractivity (Wildman–Crippen MR) is 79.4 cm³/mol. The molecule has 2 aromatic rings. The van der Waals surface area contributed by atoms with Crippen LogP contribution in [0.2, 0.25) is 0 Å².